The number of nitrogens with one attached hydrogen (secondary N) is 1. The third kappa shape index (κ3) is 4.97. The van der Waals surface area contributed by atoms with Crippen LogP contribution in [0.15, 0.2) is 12.4 Å². The predicted octanol–water partition coefficient (Wildman–Crippen LogP) is 0.0555. The van der Waals surface area contributed by atoms with Gasteiger partial charge in [-0.05, 0) is 13.8 Å². The third-order valence-corrected chi connectivity index (χ3v) is 2.42. The Morgan fingerprint density at radius 3 is 3.06 bits per heavy atom. The Hall–Kier alpha value is -1.40. The lowest BCUT2D eigenvalue weighted by Gasteiger charge is -2.11. The average Bonchev–Trinajstić information content (AvgIpc) is 2.76. The Balaban J connectivity index is 2.20. The van der Waals surface area contributed by atoms with E-state index in [-0.39, 0.29) is 12.6 Å². The summed E-state index contributed by atoms with van der Waals surface area (Å²) < 4.78 is 6.94. The standard InChI is InChI=1S/C11H20N4O2/c1-3-15-7-10(6-14-15)9(2)13-4-5-17-8-11(12)16/h6-7,9,13H,3-5,8H2,1-2H3,(H2,12,16). The molecule has 1 heterocycles. The summed E-state index contributed by atoms with van der Waals surface area (Å²) >= 11 is 0. The number of rotatable bonds is 8. The Morgan fingerprint density at radius 2 is 2.47 bits per heavy atom. The third-order valence-electron chi connectivity index (χ3n) is 2.42. The van der Waals surface area contributed by atoms with Crippen LogP contribution in [0.2, 0.25) is 0 Å². The number of carbonyl (C=O) groups excluding carboxylic acids is 1. The summed E-state index contributed by atoms with van der Waals surface area (Å²) in [4.78, 5) is 10.4. The van der Waals surface area contributed by atoms with Gasteiger partial charge in [-0.3, -0.25) is 9.48 Å². The number of ether oxygens (including phenoxy) is 1. The Kier molecular flexibility index (Phi) is 5.65. The van der Waals surface area contributed by atoms with E-state index in [1.807, 2.05) is 24.0 Å². The Labute approximate surface area is 101 Å². The highest BCUT2D eigenvalue weighted by Gasteiger charge is 2.06. The van der Waals surface area contributed by atoms with Crippen LogP contribution in [0.1, 0.15) is 25.5 Å². The molecule has 0 saturated carbocycles. The molecule has 0 aromatic carbocycles. The maximum Gasteiger partial charge on any atom is 0.243 e. The van der Waals surface area contributed by atoms with E-state index in [2.05, 4.69) is 17.3 Å². The number of hydrogen-bond acceptors (Lipinski definition) is 4. The molecule has 96 valence electrons. The molecular formula is C11H20N4O2. The van der Waals surface area contributed by atoms with Gasteiger partial charge < -0.3 is 15.8 Å². The fourth-order valence-electron chi connectivity index (χ4n) is 1.41. The SMILES string of the molecule is CCn1cc(C(C)NCCOCC(N)=O)cn1. The summed E-state index contributed by atoms with van der Waals surface area (Å²) in [5, 5.41) is 7.49. The molecule has 0 spiro atoms. The molecule has 0 aliphatic carbocycles. The van der Waals surface area contributed by atoms with Crippen molar-refractivity contribution in [2.24, 2.45) is 5.73 Å². The number of hydrogen-bond donors (Lipinski definition) is 2. The Bertz CT molecular complexity index is 351. The van der Waals surface area contributed by atoms with Gasteiger partial charge in [0, 0.05) is 30.9 Å². The molecule has 0 aliphatic heterocycles. The van der Waals surface area contributed by atoms with Gasteiger partial charge in [0.2, 0.25) is 5.91 Å². The molecule has 0 radical (unpaired) electrons. The van der Waals surface area contributed by atoms with Crippen molar-refractivity contribution >= 4 is 5.91 Å². The lowest BCUT2D eigenvalue weighted by Crippen LogP contribution is -2.25. The molecule has 1 rings (SSSR count). The van der Waals surface area contributed by atoms with Crippen molar-refractivity contribution in [1.82, 2.24) is 15.1 Å². The second-order valence-electron chi connectivity index (χ2n) is 3.82. The monoisotopic (exact) mass is 240 g/mol. The lowest BCUT2D eigenvalue weighted by molar-refractivity contribution is -0.122. The number of amides is 1. The van der Waals surface area contributed by atoms with Gasteiger partial charge in [-0.1, -0.05) is 0 Å². The quantitative estimate of drug-likeness (QED) is 0.629. The summed E-state index contributed by atoms with van der Waals surface area (Å²) in [6.45, 7) is 6.09. The highest BCUT2D eigenvalue weighted by Crippen LogP contribution is 2.09. The summed E-state index contributed by atoms with van der Waals surface area (Å²) in [5.74, 6) is -0.442. The normalized spacial score (nSPS) is 12.6. The molecule has 17 heavy (non-hydrogen) atoms. The van der Waals surface area contributed by atoms with Crippen LogP contribution in [-0.2, 0) is 16.1 Å². The van der Waals surface area contributed by atoms with Crippen molar-refractivity contribution in [3.05, 3.63) is 18.0 Å². The molecule has 3 N–H and O–H groups in total. The predicted molar refractivity (Wildman–Crippen MR) is 64.3 cm³/mol. The molecule has 0 saturated heterocycles. The van der Waals surface area contributed by atoms with Crippen molar-refractivity contribution in [1.29, 1.82) is 0 Å². The molecule has 1 aromatic heterocycles. The lowest BCUT2D eigenvalue weighted by atomic mass is 10.2. The number of nitrogens with zero attached hydrogens (tertiary/aromatic N) is 2. The molecule has 1 aromatic rings. The average molecular weight is 240 g/mol. The van der Waals surface area contributed by atoms with Gasteiger partial charge in [-0.25, -0.2) is 0 Å². The molecule has 6 nitrogen and oxygen atoms in total. The van der Waals surface area contributed by atoms with Crippen molar-refractivity contribution in [3.8, 4) is 0 Å². The number of primary amides is 1. The van der Waals surface area contributed by atoms with Gasteiger partial charge in [0.25, 0.3) is 0 Å². The molecule has 0 fully saturated rings. The second-order valence-corrected chi connectivity index (χ2v) is 3.82. The van der Waals surface area contributed by atoms with Crippen LogP contribution in [0.3, 0.4) is 0 Å². The second kappa shape index (κ2) is 7.03. The van der Waals surface area contributed by atoms with E-state index < -0.39 is 5.91 Å². The van der Waals surface area contributed by atoms with Crippen LogP contribution in [-0.4, -0.2) is 35.4 Å². The molecule has 1 amide bonds. The number of carbonyl (C=O) groups is 1. The van der Waals surface area contributed by atoms with Crippen LogP contribution in [0, 0.1) is 0 Å². The van der Waals surface area contributed by atoms with E-state index in [4.69, 9.17) is 10.5 Å². The Morgan fingerprint density at radius 1 is 1.71 bits per heavy atom. The zero-order chi connectivity index (χ0) is 12.7. The first-order valence-electron chi connectivity index (χ1n) is 5.75. The minimum Gasteiger partial charge on any atom is -0.370 e. The first-order valence-corrected chi connectivity index (χ1v) is 5.75. The largest absolute Gasteiger partial charge is 0.370 e. The minimum absolute atomic E-state index is 0.0240. The molecule has 0 bridgehead atoms. The van der Waals surface area contributed by atoms with Crippen LogP contribution >= 0.6 is 0 Å². The van der Waals surface area contributed by atoms with Gasteiger partial charge >= 0.3 is 0 Å². The molecule has 1 atom stereocenters. The van der Waals surface area contributed by atoms with Crippen molar-refractivity contribution in [3.63, 3.8) is 0 Å². The van der Waals surface area contributed by atoms with E-state index in [1.165, 1.54) is 0 Å². The molecule has 0 aliphatic rings. The highest BCUT2D eigenvalue weighted by molar-refractivity contribution is 5.74. The van der Waals surface area contributed by atoms with Crippen LogP contribution in [0.25, 0.3) is 0 Å². The summed E-state index contributed by atoms with van der Waals surface area (Å²) in [6.07, 6.45) is 3.87. The zero-order valence-electron chi connectivity index (χ0n) is 10.3. The van der Waals surface area contributed by atoms with E-state index in [0.717, 1.165) is 12.1 Å². The smallest absolute Gasteiger partial charge is 0.243 e. The maximum absolute atomic E-state index is 10.4. The summed E-state index contributed by atoms with van der Waals surface area (Å²) in [6, 6.07) is 0.215. The molecular weight excluding hydrogens is 220 g/mol. The molecule has 1 unspecified atom stereocenters. The zero-order valence-corrected chi connectivity index (χ0v) is 10.3. The number of aromatic nitrogens is 2. The first-order chi connectivity index (χ1) is 8.13. The van der Waals surface area contributed by atoms with Crippen molar-refractivity contribution in [2.45, 2.75) is 26.4 Å². The molecule has 6 heteroatoms. The van der Waals surface area contributed by atoms with Crippen molar-refractivity contribution < 1.29 is 9.53 Å². The highest BCUT2D eigenvalue weighted by atomic mass is 16.5. The van der Waals surface area contributed by atoms with E-state index in [0.29, 0.717) is 13.2 Å². The summed E-state index contributed by atoms with van der Waals surface area (Å²) in [7, 11) is 0. The summed E-state index contributed by atoms with van der Waals surface area (Å²) in [5.41, 5.74) is 6.09. The van der Waals surface area contributed by atoms with Crippen molar-refractivity contribution in [2.75, 3.05) is 19.8 Å². The fraction of sp³-hybridized carbons (Fsp3) is 0.636. The minimum atomic E-state index is -0.442. The number of aryl methyl sites for hydroxylation is 1. The van der Waals surface area contributed by atoms with Gasteiger partial charge in [0.15, 0.2) is 0 Å². The number of nitrogens with two attached hydrogens (primary N) is 1. The maximum atomic E-state index is 10.4. The van der Waals surface area contributed by atoms with Crippen LogP contribution in [0.4, 0.5) is 0 Å². The topological polar surface area (TPSA) is 82.2 Å². The van der Waals surface area contributed by atoms with Crippen LogP contribution in [0.5, 0.6) is 0 Å². The van der Waals surface area contributed by atoms with Gasteiger partial charge in [-0.15, -0.1) is 0 Å². The first kappa shape index (κ1) is 13.7. The van der Waals surface area contributed by atoms with Crippen LogP contribution < -0.4 is 11.1 Å². The van der Waals surface area contributed by atoms with E-state index in [1.54, 1.807) is 0 Å². The van der Waals surface area contributed by atoms with E-state index in [9.17, 15) is 4.79 Å². The van der Waals surface area contributed by atoms with Gasteiger partial charge in [0.05, 0.1) is 12.8 Å². The van der Waals surface area contributed by atoms with E-state index >= 15 is 0 Å². The van der Waals surface area contributed by atoms with Gasteiger partial charge in [-0.2, -0.15) is 5.10 Å². The van der Waals surface area contributed by atoms with Gasteiger partial charge in [0.1, 0.15) is 6.61 Å². The fourth-order valence-corrected chi connectivity index (χ4v) is 1.41.